The van der Waals surface area contributed by atoms with E-state index in [1.807, 2.05) is 29.8 Å². The molecule has 1 aliphatic carbocycles. The van der Waals surface area contributed by atoms with E-state index in [9.17, 15) is 9.59 Å². The maximum atomic E-state index is 12.9. The molecule has 0 unspecified atom stereocenters. The predicted octanol–water partition coefficient (Wildman–Crippen LogP) is 4.03. The van der Waals surface area contributed by atoms with Crippen LogP contribution in [0, 0.1) is 6.92 Å². The Bertz CT molecular complexity index is 1060. The molecule has 2 atom stereocenters. The van der Waals surface area contributed by atoms with E-state index < -0.39 is 5.97 Å². The van der Waals surface area contributed by atoms with Crippen LogP contribution in [0.2, 0.25) is 0 Å². The molecule has 2 aromatic carbocycles. The van der Waals surface area contributed by atoms with Crippen LogP contribution >= 0.6 is 0 Å². The number of imidazole rings is 1. The summed E-state index contributed by atoms with van der Waals surface area (Å²) in [7, 11) is 1.33. The number of amides is 2. The zero-order valence-electron chi connectivity index (χ0n) is 17.0. The van der Waals surface area contributed by atoms with Gasteiger partial charge in [-0.3, -0.25) is 0 Å². The molecule has 154 valence electrons. The molecule has 7 nitrogen and oxygen atoms in total. The molecule has 2 N–H and O–H groups in total. The zero-order valence-corrected chi connectivity index (χ0v) is 17.0. The van der Waals surface area contributed by atoms with Gasteiger partial charge in [0.05, 0.1) is 31.1 Å². The summed E-state index contributed by atoms with van der Waals surface area (Å²) in [6.07, 6.45) is 7.30. The predicted molar refractivity (Wildman–Crippen MR) is 113 cm³/mol. The molecule has 0 spiro atoms. The lowest BCUT2D eigenvalue weighted by atomic mass is 9.84. The molecular formula is C23H24N4O3. The number of aryl methyl sites for hydroxylation is 2. The Kier molecular flexibility index (Phi) is 5.52. The van der Waals surface area contributed by atoms with Gasteiger partial charge in [-0.25, -0.2) is 14.6 Å². The van der Waals surface area contributed by atoms with Gasteiger partial charge in [0.15, 0.2) is 0 Å². The number of aromatic nitrogens is 2. The number of urea groups is 1. The van der Waals surface area contributed by atoms with Crippen molar-refractivity contribution < 1.29 is 14.3 Å². The van der Waals surface area contributed by atoms with E-state index in [0.717, 1.165) is 24.0 Å². The highest BCUT2D eigenvalue weighted by Gasteiger charge is 2.31. The van der Waals surface area contributed by atoms with Crippen LogP contribution in [0.3, 0.4) is 0 Å². The lowest BCUT2D eigenvalue weighted by Crippen LogP contribution is -2.39. The van der Waals surface area contributed by atoms with E-state index >= 15 is 0 Å². The minimum Gasteiger partial charge on any atom is -0.465 e. The van der Waals surface area contributed by atoms with Crippen LogP contribution in [0.4, 0.5) is 10.5 Å². The topological polar surface area (TPSA) is 85.2 Å². The van der Waals surface area contributed by atoms with Crippen molar-refractivity contribution in [3.05, 3.63) is 83.4 Å². The molecule has 0 fully saturated rings. The quantitative estimate of drug-likeness (QED) is 0.643. The first-order chi connectivity index (χ1) is 14.6. The number of nitrogens with one attached hydrogen (secondary N) is 2. The fourth-order valence-electron chi connectivity index (χ4n) is 4.00. The lowest BCUT2D eigenvalue weighted by molar-refractivity contribution is 0.0600. The van der Waals surface area contributed by atoms with Gasteiger partial charge in [0.2, 0.25) is 0 Å². The second-order valence-electron chi connectivity index (χ2n) is 7.41. The number of carbonyl (C=O) groups is 2. The molecule has 1 heterocycles. The normalized spacial score (nSPS) is 17.7. The Hall–Kier alpha value is -3.61. The molecule has 4 rings (SSSR count). The van der Waals surface area contributed by atoms with Crippen LogP contribution in [-0.4, -0.2) is 28.7 Å². The van der Waals surface area contributed by atoms with Crippen molar-refractivity contribution in [1.29, 1.82) is 0 Å². The van der Waals surface area contributed by atoms with Gasteiger partial charge >= 0.3 is 12.0 Å². The Balaban J connectivity index is 1.58. The van der Waals surface area contributed by atoms with Crippen molar-refractivity contribution in [3.63, 3.8) is 0 Å². The number of methoxy groups -OCH3 is 1. The summed E-state index contributed by atoms with van der Waals surface area (Å²) in [6.45, 7) is 1.88. The molecular weight excluding hydrogens is 380 g/mol. The van der Waals surface area contributed by atoms with Gasteiger partial charge in [0.25, 0.3) is 0 Å². The average molecular weight is 404 g/mol. The molecule has 2 amide bonds. The number of ether oxygens (including phenoxy) is 1. The summed E-state index contributed by atoms with van der Waals surface area (Å²) in [4.78, 5) is 28.9. The number of anilines is 1. The van der Waals surface area contributed by atoms with Gasteiger partial charge in [-0.1, -0.05) is 30.3 Å². The number of esters is 1. The Labute approximate surface area is 175 Å². The second-order valence-corrected chi connectivity index (χ2v) is 7.41. The van der Waals surface area contributed by atoms with Crippen LogP contribution in [0.1, 0.15) is 45.6 Å². The summed E-state index contributed by atoms with van der Waals surface area (Å²) >= 11 is 0. The van der Waals surface area contributed by atoms with Crippen molar-refractivity contribution in [3.8, 4) is 0 Å². The monoisotopic (exact) mass is 404 g/mol. The van der Waals surface area contributed by atoms with E-state index in [1.54, 1.807) is 30.7 Å². The number of rotatable bonds is 4. The molecule has 0 saturated heterocycles. The molecule has 7 heteroatoms. The lowest BCUT2D eigenvalue weighted by Gasteiger charge is -2.35. The van der Waals surface area contributed by atoms with Crippen molar-refractivity contribution in [2.75, 3.05) is 12.4 Å². The standard InChI is InChI=1S/C23H24N4O3/c1-15-7-8-17(22(28)30-2)13-19(15)25-23(29)26-21-18-6-4-3-5-16(18)9-10-20(21)27-12-11-24-14-27/h3-8,11-14,20-21H,9-10H2,1-2H3,(H2,25,26,29)/t20-,21+/m0/s1. The molecule has 3 aromatic rings. The Morgan fingerprint density at radius 1 is 1.20 bits per heavy atom. The van der Waals surface area contributed by atoms with Gasteiger partial charge in [0.1, 0.15) is 0 Å². The van der Waals surface area contributed by atoms with Crippen LogP contribution < -0.4 is 10.6 Å². The fraction of sp³-hybridized carbons (Fsp3) is 0.261. The van der Waals surface area contributed by atoms with Gasteiger partial charge in [-0.15, -0.1) is 0 Å². The van der Waals surface area contributed by atoms with E-state index in [2.05, 4.69) is 27.8 Å². The number of benzene rings is 2. The van der Waals surface area contributed by atoms with Gasteiger partial charge in [0, 0.05) is 18.1 Å². The van der Waals surface area contributed by atoms with Crippen molar-refractivity contribution >= 4 is 17.7 Å². The zero-order chi connectivity index (χ0) is 21.1. The van der Waals surface area contributed by atoms with Crippen molar-refractivity contribution in [2.24, 2.45) is 0 Å². The molecule has 0 radical (unpaired) electrons. The molecule has 1 aromatic heterocycles. The summed E-state index contributed by atoms with van der Waals surface area (Å²) in [5.74, 6) is -0.445. The van der Waals surface area contributed by atoms with Gasteiger partial charge in [-0.05, 0) is 48.6 Å². The van der Waals surface area contributed by atoms with E-state index in [-0.39, 0.29) is 18.1 Å². The van der Waals surface area contributed by atoms with Crippen molar-refractivity contribution in [1.82, 2.24) is 14.9 Å². The smallest absolute Gasteiger partial charge is 0.337 e. The van der Waals surface area contributed by atoms with Crippen LogP contribution in [-0.2, 0) is 11.2 Å². The second kappa shape index (κ2) is 8.41. The highest BCUT2D eigenvalue weighted by Crippen LogP contribution is 2.37. The molecule has 30 heavy (non-hydrogen) atoms. The minimum absolute atomic E-state index is 0.0654. The first-order valence-electron chi connectivity index (χ1n) is 9.88. The highest BCUT2D eigenvalue weighted by atomic mass is 16.5. The first kappa shape index (κ1) is 19.7. The maximum Gasteiger partial charge on any atom is 0.337 e. The largest absolute Gasteiger partial charge is 0.465 e. The maximum absolute atomic E-state index is 12.9. The summed E-state index contributed by atoms with van der Waals surface area (Å²) in [5.41, 5.74) is 4.16. The Morgan fingerprint density at radius 2 is 2.03 bits per heavy atom. The third kappa shape index (κ3) is 3.91. The molecule has 1 aliphatic rings. The number of hydrogen-bond acceptors (Lipinski definition) is 4. The highest BCUT2D eigenvalue weighted by molar-refractivity contribution is 5.94. The number of fused-ring (bicyclic) bond motifs is 1. The summed E-state index contributed by atoms with van der Waals surface area (Å²) in [5, 5.41) is 6.03. The van der Waals surface area contributed by atoms with Crippen LogP contribution in [0.25, 0.3) is 0 Å². The van der Waals surface area contributed by atoms with Gasteiger partial charge < -0.3 is 19.9 Å². The average Bonchev–Trinajstić information content (AvgIpc) is 3.29. The summed E-state index contributed by atoms with van der Waals surface area (Å²) in [6, 6.07) is 12.8. The third-order valence-electron chi connectivity index (χ3n) is 5.59. The van der Waals surface area contributed by atoms with Crippen molar-refractivity contribution in [2.45, 2.75) is 31.8 Å². The van der Waals surface area contributed by atoms with E-state index in [4.69, 9.17) is 4.74 Å². The molecule has 0 aliphatic heterocycles. The number of nitrogens with zero attached hydrogens (tertiary/aromatic N) is 2. The molecule has 0 saturated carbocycles. The molecule has 0 bridgehead atoms. The van der Waals surface area contributed by atoms with E-state index in [1.165, 1.54) is 12.7 Å². The fourth-order valence-corrected chi connectivity index (χ4v) is 4.00. The number of carbonyl (C=O) groups excluding carboxylic acids is 2. The summed E-state index contributed by atoms with van der Waals surface area (Å²) < 4.78 is 6.82. The van der Waals surface area contributed by atoms with Crippen LogP contribution in [0.15, 0.2) is 61.2 Å². The third-order valence-corrected chi connectivity index (χ3v) is 5.59. The Morgan fingerprint density at radius 3 is 2.80 bits per heavy atom. The first-order valence-corrected chi connectivity index (χ1v) is 9.88. The SMILES string of the molecule is COC(=O)c1ccc(C)c(NC(=O)N[C@@H]2c3ccccc3CC[C@@H]2n2ccnc2)c1. The number of hydrogen-bond donors (Lipinski definition) is 2. The van der Waals surface area contributed by atoms with E-state index in [0.29, 0.717) is 11.3 Å². The van der Waals surface area contributed by atoms with Gasteiger partial charge in [-0.2, -0.15) is 0 Å². The van der Waals surface area contributed by atoms with Crippen LogP contribution in [0.5, 0.6) is 0 Å². The minimum atomic E-state index is -0.445.